The Morgan fingerprint density at radius 3 is 1.87 bits per heavy atom. The summed E-state index contributed by atoms with van der Waals surface area (Å²) in [5, 5.41) is 0. The molecule has 31 heavy (non-hydrogen) atoms. The van der Waals surface area contributed by atoms with Crippen LogP contribution in [0.15, 0.2) is 82.6 Å². The molecule has 0 spiro atoms. The van der Waals surface area contributed by atoms with Crippen molar-refractivity contribution in [3.8, 4) is 11.5 Å². The first kappa shape index (κ1) is 22.4. The van der Waals surface area contributed by atoms with Crippen molar-refractivity contribution < 1.29 is 26.3 Å². The Hall–Kier alpha value is -3.24. The number of hydrogen-bond donors (Lipinski definition) is 2. The Balaban J connectivity index is 1.76. The van der Waals surface area contributed by atoms with Gasteiger partial charge in [-0.05, 0) is 67.6 Å². The molecule has 3 aromatic carbocycles. The van der Waals surface area contributed by atoms with E-state index in [2.05, 4.69) is 9.44 Å². The smallest absolute Gasteiger partial charge is 0.262 e. The maximum Gasteiger partial charge on any atom is 0.262 e. The van der Waals surface area contributed by atoms with Crippen molar-refractivity contribution in [2.45, 2.75) is 16.7 Å². The van der Waals surface area contributed by atoms with Crippen LogP contribution in [-0.4, -0.2) is 30.6 Å². The lowest BCUT2D eigenvalue weighted by atomic mass is 10.3. The minimum atomic E-state index is -3.89. The van der Waals surface area contributed by atoms with Crippen LogP contribution < -0.4 is 18.9 Å². The third-order valence-corrected chi connectivity index (χ3v) is 6.99. The first-order valence-corrected chi connectivity index (χ1v) is 12.2. The zero-order valence-electron chi connectivity index (χ0n) is 16.9. The second-order valence-electron chi connectivity index (χ2n) is 6.34. The molecule has 0 atom stereocenters. The number of rotatable bonds is 9. The number of nitrogens with one attached hydrogen (secondary N) is 2. The van der Waals surface area contributed by atoms with Crippen LogP contribution >= 0.6 is 0 Å². The zero-order chi connectivity index (χ0) is 22.5. The number of methoxy groups -OCH3 is 1. The summed E-state index contributed by atoms with van der Waals surface area (Å²) in [4.78, 5) is 0.0351. The Kier molecular flexibility index (Phi) is 6.71. The predicted octanol–water partition coefficient (Wildman–Crippen LogP) is 3.70. The van der Waals surface area contributed by atoms with Gasteiger partial charge in [-0.15, -0.1) is 0 Å². The lowest BCUT2D eigenvalue weighted by Crippen LogP contribution is -2.15. The molecule has 0 amide bonds. The van der Waals surface area contributed by atoms with Gasteiger partial charge in [-0.3, -0.25) is 9.44 Å². The molecule has 0 saturated carbocycles. The molecule has 0 aliphatic carbocycles. The van der Waals surface area contributed by atoms with Crippen LogP contribution in [0.3, 0.4) is 0 Å². The first-order valence-electron chi connectivity index (χ1n) is 9.27. The number of sulfonamides is 2. The van der Waals surface area contributed by atoms with Crippen molar-refractivity contribution in [1.29, 1.82) is 0 Å². The predicted molar refractivity (Wildman–Crippen MR) is 119 cm³/mol. The topological polar surface area (TPSA) is 111 Å². The van der Waals surface area contributed by atoms with Crippen molar-refractivity contribution >= 4 is 31.4 Å². The highest BCUT2D eigenvalue weighted by Gasteiger charge is 2.18. The quantitative estimate of drug-likeness (QED) is 0.502. The molecule has 0 saturated heterocycles. The minimum Gasteiger partial charge on any atom is -0.495 e. The molecular weight excluding hydrogens is 440 g/mol. The van der Waals surface area contributed by atoms with Crippen molar-refractivity contribution in [2.24, 2.45) is 0 Å². The summed E-state index contributed by atoms with van der Waals surface area (Å²) < 4.78 is 65.8. The lowest BCUT2D eigenvalue weighted by molar-refractivity contribution is 0.340. The van der Waals surface area contributed by atoms with Crippen LogP contribution in [0.1, 0.15) is 6.92 Å². The Morgan fingerprint density at radius 1 is 0.742 bits per heavy atom. The van der Waals surface area contributed by atoms with E-state index in [1.54, 1.807) is 36.4 Å². The molecule has 0 radical (unpaired) electrons. The summed E-state index contributed by atoms with van der Waals surface area (Å²) >= 11 is 0. The summed E-state index contributed by atoms with van der Waals surface area (Å²) in [6.45, 7) is 2.31. The van der Waals surface area contributed by atoms with Gasteiger partial charge in [0.2, 0.25) is 0 Å². The molecule has 0 heterocycles. The number of benzene rings is 3. The Bertz CT molecular complexity index is 1240. The standard InChI is InChI=1S/C21H22N2O6S2/c1-3-29-17-10-14-19(15-11-17)30(24,25)22-16-8-12-18(13-9-16)31(26,27)23-20-6-4-5-7-21(20)28-2/h4-15,22-23H,3H2,1-2H3. The van der Waals surface area contributed by atoms with Crippen LogP contribution in [0, 0.1) is 0 Å². The highest BCUT2D eigenvalue weighted by Crippen LogP contribution is 2.27. The fourth-order valence-electron chi connectivity index (χ4n) is 2.73. The average Bonchev–Trinajstić information content (AvgIpc) is 2.74. The van der Waals surface area contributed by atoms with E-state index in [4.69, 9.17) is 9.47 Å². The van der Waals surface area contributed by atoms with E-state index in [0.29, 0.717) is 23.8 Å². The molecule has 10 heteroatoms. The summed E-state index contributed by atoms with van der Waals surface area (Å²) in [7, 11) is -6.29. The molecule has 0 unspecified atom stereocenters. The molecule has 0 aliphatic heterocycles. The molecule has 164 valence electrons. The summed E-state index contributed by atoms with van der Waals surface area (Å²) in [5.74, 6) is 0.948. The third-order valence-electron chi connectivity index (χ3n) is 4.21. The molecule has 2 N–H and O–H groups in total. The highest BCUT2D eigenvalue weighted by molar-refractivity contribution is 7.93. The van der Waals surface area contributed by atoms with Gasteiger partial charge in [0.25, 0.3) is 20.0 Å². The Morgan fingerprint density at radius 2 is 1.29 bits per heavy atom. The van der Waals surface area contributed by atoms with Gasteiger partial charge in [0.1, 0.15) is 11.5 Å². The van der Waals surface area contributed by atoms with E-state index in [9.17, 15) is 16.8 Å². The van der Waals surface area contributed by atoms with Crippen LogP contribution in [0.4, 0.5) is 11.4 Å². The molecule has 0 aromatic heterocycles. The van der Waals surface area contributed by atoms with Gasteiger partial charge in [0.05, 0.1) is 29.2 Å². The highest BCUT2D eigenvalue weighted by atomic mass is 32.2. The van der Waals surface area contributed by atoms with Crippen molar-refractivity contribution in [3.05, 3.63) is 72.8 Å². The molecule has 3 rings (SSSR count). The fourth-order valence-corrected chi connectivity index (χ4v) is 4.86. The fraction of sp³-hybridized carbons (Fsp3) is 0.143. The zero-order valence-corrected chi connectivity index (χ0v) is 18.5. The van der Waals surface area contributed by atoms with Gasteiger partial charge in [0.15, 0.2) is 0 Å². The SMILES string of the molecule is CCOc1ccc(S(=O)(=O)Nc2ccc(S(=O)(=O)Nc3ccccc3OC)cc2)cc1. The van der Waals surface area contributed by atoms with Crippen LogP contribution in [-0.2, 0) is 20.0 Å². The Labute approximate surface area is 181 Å². The van der Waals surface area contributed by atoms with Gasteiger partial charge in [-0.25, -0.2) is 16.8 Å². The number of para-hydroxylation sites is 2. The third kappa shape index (κ3) is 5.47. The molecule has 0 aliphatic rings. The molecule has 0 bridgehead atoms. The van der Waals surface area contributed by atoms with Gasteiger partial charge in [-0.2, -0.15) is 0 Å². The summed E-state index contributed by atoms with van der Waals surface area (Å²) in [5.41, 5.74) is 0.524. The minimum absolute atomic E-state index is 0.0255. The van der Waals surface area contributed by atoms with Gasteiger partial charge >= 0.3 is 0 Å². The van der Waals surface area contributed by atoms with Gasteiger partial charge in [-0.1, -0.05) is 12.1 Å². The maximum absolute atomic E-state index is 12.7. The maximum atomic E-state index is 12.7. The van der Waals surface area contributed by atoms with Crippen LogP contribution in [0.2, 0.25) is 0 Å². The van der Waals surface area contributed by atoms with E-state index in [1.807, 2.05) is 6.92 Å². The summed E-state index contributed by atoms with van der Waals surface area (Å²) in [6.07, 6.45) is 0. The molecule has 0 fully saturated rings. The first-order chi connectivity index (χ1) is 14.7. The summed E-state index contributed by atoms with van der Waals surface area (Å²) in [6, 6.07) is 18.0. The van der Waals surface area contributed by atoms with Crippen LogP contribution in [0.5, 0.6) is 11.5 Å². The molecular formula is C21H22N2O6S2. The average molecular weight is 463 g/mol. The monoisotopic (exact) mass is 462 g/mol. The second-order valence-corrected chi connectivity index (χ2v) is 9.70. The van der Waals surface area contributed by atoms with E-state index in [-0.39, 0.29) is 15.5 Å². The second kappa shape index (κ2) is 9.27. The number of anilines is 2. The lowest BCUT2D eigenvalue weighted by Gasteiger charge is -2.12. The van der Waals surface area contributed by atoms with Crippen LogP contribution in [0.25, 0.3) is 0 Å². The van der Waals surface area contributed by atoms with Crippen molar-refractivity contribution in [3.63, 3.8) is 0 Å². The van der Waals surface area contributed by atoms with E-state index in [1.165, 1.54) is 43.5 Å². The molecule has 8 nitrogen and oxygen atoms in total. The number of hydrogen-bond acceptors (Lipinski definition) is 6. The van der Waals surface area contributed by atoms with E-state index < -0.39 is 20.0 Å². The normalized spacial score (nSPS) is 11.5. The van der Waals surface area contributed by atoms with Gasteiger partial charge < -0.3 is 9.47 Å². The van der Waals surface area contributed by atoms with Gasteiger partial charge in [0, 0.05) is 5.69 Å². The molecule has 3 aromatic rings. The van der Waals surface area contributed by atoms with E-state index in [0.717, 1.165) is 0 Å². The number of ether oxygens (including phenoxy) is 2. The van der Waals surface area contributed by atoms with Crippen molar-refractivity contribution in [2.75, 3.05) is 23.2 Å². The van der Waals surface area contributed by atoms with E-state index >= 15 is 0 Å². The van der Waals surface area contributed by atoms with Crippen molar-refractivity contribution in [1.82, 2.24) is 0 Å². The largest absolute Gasteiger partial charge is 0.495 e.